The molecule has 0 aromatic heterocycles. The number of para-hydroxylation sites is 1. The van der Waals surface area contributed by atoms with Crippen LogP contribution in [0.5, 0.6) is 0 Å². The van der Waals surface area contributed by atoms with Gasteiger partial charge in [-0.25, -0.2) is 4.57 Å². The Hall–Kier alpha value is -0.860. The maximum Gasteiger partial charge on any atom is 0.401 e. The summed E-state index contributed by atoms with van der Waals surface area (Å²) < 4.78 is 19.8. The van der Waals surface area contributed by atoms with Gasteiger partial charge in [-0.2, -0.15) is 0 Å². The largest absolute Gasteiger partial charge is 0.430 e. The van der Waals surface area contributed by atoms with Crippen molar-refractivity contribution in [3.8, 4) is 0 Å². The van der Waals surface area contributed by atoms with Gasteiger partial charge in [0.2, 0.25) is 0 Å². The average molecular weight is 271 g/mol. The van der Waals surface area contributed by atoms with Crippen molar-refractivity contribution in [2.24, 2.45) is 0 Å². The van der Waals surface area contributed by atoms with Crippen molar-refractivity contribution < 1.29 is 9.09 Å². The molecular formula is C12H18NO2PS. The van der Waals surface area contributed by atoms with E-state index in [1.807, 2.05) is 44.2 Å². The first-order valence-corrected chi connectivity index (χ1v) is 8.71. The molecule has 0 fully saturated rings. The highest BCUT2D eigenvalue weighted by Crippen LogP contribution is 2.63. The van der Waals surface area contributed by atoms with E-state index >= 15 is 0 Å². The van der Waals surface area contributed by atoms with E-state index in [9.17, 15) is 4.57 Å². The fourth-order valence-electron chi connectivity index (χ4n) is 1.51. The van der Waals surface area contributed by atoms with Crippen LogP contribution in [-0.4, -0.2) is 12.3 Å². The minimum atomic E-state index is -2.92. The first-order chi connectivity index (χ1) is 8.18. The maximum absolute atomic E-state index is 12.7. The third-order valence-electron chi connectivity index (χ3n) is 2.15. The minimum Gasteiger partial charge on any atom is -0.430 e. The molecule has 5 heteroatoms. The molecule has 0 saturated carbocycles. The molecule has 0 N–H and O–H groups in total. The Morgan fingerprint density at radius 3 is 2.53 bits per heavy atom. The molecule has 0 spiro atoms. The van der Waals surface area contributed by atoms with Crippen LogP contribution >= 0.6 is 18.1 Å². The Morgan fingerprint density at radius 2 is 2.06 bits per heavy atom. The smallest absolute Gasteiger partial charge is 0.401 e. The maximum atomic E-state index is 12.7. The molecule has 1 rings (SSSR count). The zero-order chi connectivity index (χ0) is 12.7. The molecular weight excluding hydrogens is 253 g/mol. The van der Waals surface area contributed by atoms with Gasteiger partial charge in [-0.15, -0.1) is 0 Å². The molecule has 0 aliphatic heterocycles. The summed E-state index contributed by atoms with van der Waals surface area (Å²) in [6.45, 7) is 5.13. The van der Waals surface area contributed by atoms with Crippen molar-refractivity contribution in [1.29, 1.82) is 0 Å². The summed E-state index contributed by atoms with van der Waals surface area (Å²) in [5, 5.41) is 0. The average Bonchev–Trinajstić information content (AvgIpc) is 2.31. The van der Waals surface area contributed by atoms with Gasteiger partial charge in [-0.1, -0.05) is 31.7 Å². The lowest BCUT2D eigenvalue weighted by atomic mass is 10.3. The fraction of sp³-hybridized carbons (Fsp3) is 0.333. The molecule has 3 nitrogen and oxygen atoms in total. The fourth-order valence-corrected chi connectivity index (χ4v) is 5.49. The second kappa shape index (κ2) is 6.77. The monoisotopic (exact) mass is 271 g/mol. The van der Waals surface area contributed by atoms with Crippen molar-refractivity contribution in [3.63, 3.8) is 0 Å². The summed E-state index contributed by atoms with van der Waals surface area (Å²) in [7, 11) is 0. The van der Waals surface area contributed by atoms with Gasteiger partial charge >= 0.3 is 6.72 Å². The number of benzene rings is 1. The van der Waals surface area contributed by atoms with Crippen molar-refractivity contribution in [1.82, 2.24) is 0 Å². The predicted octanol–water partition coefficient (Wildman–Crippen LogP) is 4.53. The van der Waals surface area contributed by atoms with E-state index in [1.165, 1.54) is 17.6 Å². The Labute approximate surface area is 107 Å². The van der Waals surface area contributed by atoms with Gasteiger partial charge < -0.3 is 4.52 Å². The van der Waals surface area contributed by atoms with Gasteiger partial charge in [0.1, 0.15) is 0 Å². The first kappa shape index (κ1) is 14.2. The van der Waals surface area contributed by atoms with E-state index in [1.54, 1.807) is 4.67 Å². The van der Waals surface area contributed by atoms with E-state index in [0.717, 1.165) is 11.4 Å². The van der Waals surface area contributed by atoms with Gasteiger partial charge in [0, 0.05) is 18.0 Å². The van der Waals surface area contributed by atoms with E-state index < -0.39 is 6.72 Å². The van der Waals surface area contributed by atoms with E-state index in [2.05, 4.69) is 6.58 Å². The highest BCUT2D eigenvalue weighted by atomic mass is 32.7. The van der Waals surface area contributed by atoms with Crippen LogP contribution in [0.25, 0.3) is 0 Å². The number of hydrogen-bond acceptors (Lipinski definition) is 3. The topological polar surface area (TPSA) is 29.5 Å². The van der Waals surface area contributed by atoms with Gasteiger partial charge in [-0.3, -0.25) is 4.67 Å². The molecule has 1 atom stereocenters. The molecule has 1 aromatic rings. The number of hydrogen-bond donors (Lipinski definition) is 0. The summed E-state index contributed by atoms with van der Waals surface area (Å²) in [6, 6.07) is 9.64. The van der Waals surface area contributed by atoms with Crippen LogP contribution in [-0.2, 0) is 9.09 Å². The Morgan fingerprint density at radius 1 is 1.41 bits per heavy atom. The number of rotatable bonds is 7. The quantitative estimate of drug-likeness (QED) is 0.538. The third-order valence-corrected chi connectivity index (χ3v) is 6.86. The van der Waals surface area contributed by atoms with E-state index in [-0.39, 0.29) is 0 Å². The third kappa shape index (κ3) is 3.55. The van der Waals surface area contributed by atoms with Crippen LogP contribution in [0, 0.1) is 0 Å². The summed E-state index contributed by atoms with van der Waals surface area (Å²) >= 11 is 1.32. The summed E-state index contributed by atoms with van der Waals surface area (Å²) in [5.41, 5.74) is 0.904. The molecule has 0 aliphatic carbocycles. The molecule has 0 bridgehead atoms. The first-order valence-electron chi connectivity index (χ1n) is 5.55. The summed E-state index contributed by atoms with van der Waals surface area (Å²) in [4.78, 5) is 0. The van der Waals surface area contributed by atoms with Crippen LogP contribution in [0.1, 0.15) is 13.8 Å². The van der Waals surface area contributed by atoms with E-state index in [4.69, 9.17) is 4.52 Å². The lowest BCUT2D eigenvalue weighted by molar-refractivity contribution is 0.455. The molecule has 0 amide bonds. The normalized spacial score (nSPS) is 13.8. The SMILES string of the molecule is C=COP(=O)(SCC)N(CC)c1ccccc1. The molecule has 0 saturated heterocycles. The highest BCUT2D eigenvalue weighted by Gasteiger charge is 2.31. The van der Waals surface area contributed by atoms with Gasteiger partial charge in [0.25, 0.3) is 0 Å². The Kier molecular flexibility index (Phi) is 5.66. The van der Waals surface area contributed by atoms with Crippen molar-refractivity contribution in [3.05, 3.63) is 43.2 Å². The summed E-state index contributed by atoms with van der Waals surface area (Å²) in [5.74, 6) is 0.731. The Balaban J connectivity index is 3.05. The zero-order valence-corrected chi connectivity index (χ0v) is 11.9. The number of anilines is 1. The van der Waals surface area contributed by atoms with Crippen LogP contribution in [0.3, 0.4) is 0 Å². The van der Waals surface area contributed by atoms with Crippen molar-refractivity contribution in [2.75, 3.05) is 17.0 Å². The van der Waals surface area contributed by atoms with Crippen molar-refractivity contribution in [2.45, 2.75) is 13.8 Å². The molecule has 94 valence electrons. The molecule has 0 aliphatic rings. The second-order valence-corrected chi connectivity index (χ2v) is 7.83. The standard InChI is InChI=1S/C12H18NO2PS/c1-4-13(12-10-8-7-9-11-12)16(14,15-5-2)17-6-3/h5,7-11H,2,4,6H2,1,3H3. The molecule has 1 unspecified atom stereocenters. The molecule has 0 heterocycles. The summed E-state index contributed by atoms with van der Waals surface area (Å²) in [6.07, 6.45) is 1.26. The molecule has 1 aromatic carbocycles. The lowest BCUT2D eigenvalue weighted by Gasteiger charge is -2.29. The van der Waals surface area contributed by atoms with Crippen molar-refractivity contribution >= 4 is 23.8 Å². The second-order valence-electron chi connectivity index (χ2n) is 3.21. The zero-order valence-electron chi connectivity index (χ0n) is 10.2. The van der Waals surface area contributed by atoms with Gasteiger partial charge in [0.15, 0.2) is 0 Å². The Bertz CT molecular complexity index is 397. The number of nitrogens with zero attached hydrogens (tertiary/aromatic N) is 1. The van der Waals surface area contributed by atoms with Crippen LogP contribution in [0.2, 0.25) is 0 Å². The predicted molar refractivity (Wildman–Crippen MR) is 76.5 cm³/mol. The van der Waals surface area contributed by atoms with Crippen LogP contribution in [0.4, 0.5) is 5.69 Å². The molecule has 17 heavy (non-hydrogen) atoms. The van der Waals surface area contributed by atoms with Gasteiger partial charge in [0.05, 0.1) is 6.26 Å². The van der Waals surface area contributed by atoms with Crippen LogP contribution in [0.15, 0.2) is 43.2 Å². The van der Waals surface area contributed by atoms with Crippen LogP contribution < -0.4 is 4.67 Å². The van der Waals surface area contributed by atoms with E-state index in [0.29, 0.717) is 6.54 Å². The minimum absolute atomic E-state index is 0.627. The van der Waals surface area contributed by atoms with Gasteiger partial charge in [-0.05, 0) is 30.4 Å². The molecule has 0 radical (unpaired) electrons. The highest BCUT2D eigenvalue weighted by molar-refractivity contribution is 8.57. The lowest BCUT2D eigenvalue weighted by Crippen LogP contribution is -2.18.